The molecule has 0 saturated heterocycles. The highest BCUT2D eigenvalue weighted by Gasteiger charge is 2.47. The van der Waals surface area contributed by atoms with E-state index in [4.69, 9.17) is 8.42 Å². The third-order valence-corrected chi connectivity index (χ3v) is 5.89. The second kappa shape index (κ2) is 12.0. The maximum absolute atomic E-state index is 13.9. The van der Waals surface area contributed by atoms with Gasteiger partial charge in [0.2, 0.25) is 0 Å². The molecule has 0 amide bonds. The summed E-state index contributed by atoms with van der Waals surface area (Å²) in [6, 6.07) is 13.3. The van der Waals surface area contributed by atoms with E-state index in [1.54, 1.807) is 12.1 Å². The molecule has 0 aromatic heterocycles. The van der Waals surface area contributed by atoms with Crippen molar-refractivity contribution >= 4 is 17.4 Å². The van der Waals surface area contributed by atoms with Crippen LogP contribution in [0.15, 0.2) is 48.5 Å². The summed E-state index contributed by atoms with van der Waals surface area (Å²) in [5, 5.41) is 11.8. The highest BCUT2D eigenvalue weighted by atomic mass is 32.1. The molecule has 1 fully saturated rings. The predicted octanol–water partition coefficient (Wildman–Crippen LogP) is 5.62. The van der Waals surface area contributed by atoms with Crippen molar-refractivity contribution in [2.45, 2.75) is 64.2 Å². The lowest BCUT2D eigenvalue weighted by Gasteiger charge is -2.27. The van der Waals surface area contributed by atoms with Gasteiger partial charge in [-0.3, -0.25) is 10.1 Å². The molecule has 3 rings (SSSR count). The van der Waals surface area contributed by atoms with E-state index in [0.29, 0.717) is 25.7 Å². The summed E-state index contributed by atoms with van der Waals surface area (Å²) < 4.78 is 58.4. The van der Waals surface area contributed by atoms with Crippen LogP contribution in [0.2, 0.25) is 0 Å². The number of carbonyl (C=O) groups excluding carboxylic acids is 1. The zero-order chi connectivity index (χ0) is 25.4. The number of ketones is 1. The normalized spacial score (nSPS) is 15.8. The molecule has 0 spiro atoms. The Morgan fingerprint density at radius 1 is 1.09 bits per heavy atom. The largest absolute Gasteiger partial charge is 0.407 e. The third-order valence-electron chi connectivity index (χ3n) is 5.89. The molecule has 0 radical (unpaired) electrons. The molecular weight excluding hydrogens is 465 g/mol. The number of rotatable bonds is 9. The molecule has 5 nitrogen and oxygen atoms in total. The molecule has 0 heterocycles. The van der Waals surface area contributed by atoms with E-state index in [2.05, 4.69) is 11.4 Å². The van der Waals surface area contributed by atoms with E-state index in [1.807, 2.05) is 38.1 Å². The van der Waals surface area contributed by atoms with Crippen molar-refractivity contribution in [2.24, 2.45) is 5.41 Å². The van der Waals surface area contributed by atoms with Gasteiger partial charge in [-0.05, 0) is 42.9 Å². The molecule has 182 valence electrons. The second-order valence-corrected chi connectivity index (χ2v) is 8.71. The van der Waals surface area contributed by atoms with Crippen molar-refractivity contribution in [1.29, 1.82) is 5.26 Å². The Labute approximate surface area is 201 Å². The first-order chi connectivity index (χ1) is 16.1. The summed E-state index contributed by atoms with van der Waals surface area (Å²) >= 11 is -0.750. The van der Waals surface area contributed by atoms with E-state index >= 15 is 0 Å². The number of carbonyl (C=O) groups is 1. The molecule has 0 aliphatic heterocycles. The fourth-order valence-electron chi connectivity index (χ4n) is 3.76. The van der Waals surface area contributed by atoms with Gasteiger partial charge in [-0.25, -0.2) is 0 Å². The molecule has 1 aliphatic rings. The van der Waals surface area contributed by atoms with Crippen LogP contribution in [0.25, 0.3) is 11.1 Å². The van der Waals surface area contributed by atoms with Gasteiger partial charge in [0.15, 0.2) is 5.78 Å². The second-order valence-electron chi connectivity index (χ2n) is 8.57. The van der Waals surface area contributed by atoms with Crippen LogP contribution in [0.3, 0.4) is 0 Å². The summed E-state index contributed by atoms with van der Waals surface area (Å²) in [7, 11) is 0. The number of Topliss-reactive ketones (excluding diaryl/α,β-unsaturated/α-hetero) is 1. The number of aryl methyl sites for hydroxylation is 1. The topological polar surface area (TPSA) is 87.0 Å². The number of alkyl halides is 3. The fourth-order valence-corrected chi connectivity index (χ4v) is 3.76. The summed E-state index contributed by atoms with van der Waals surface area (Å²) in [5.41, 5.74) is 2.26. The van der Waals surface area contributed by atoms with Gasteiger partial charge in [0, 0.05) is 6.42 Å². The molecule has 1 saturated carbocycles. The predicted molar refractivity (Wildman–Crippen MR) is 123 cm³/mol. The molecule has 1 aliphatic carbocycles. The number of nitriles is 1. The van der Waals surface area contributed by atoms with Gasteiger partial charge in [-0.2, -0.15) is 26.9 Å². The van der Waals surface area contributed by atoms with Crippen LogP contribution in [0.1, 0.15) is 56.2 Å². The van der Waals surface area contributed by atoms with Gasteiger partial charge >= 0.3 is 17.7 Å². The molecule has 0 bridgehead atoms. The minimum absolute atomic E-state index is 0.0120. The number of hydrogen-bond donors (Lipinski definition) is 1. The van der Waals surface area contributed by atoms with Crippen LogP contribution in [0, 0.1) is 23.7 Å². The van der Waals surface area contributed by atoms with Gasteiger partial charge in [0.25, 0.3) is 0 Å². The first-order valence-corrected chi connectivity index (χ1v) is 11.6. The van der Waals surface area contributed by atoms with Crippen LogP contribution >= 0.6 is 0 Å². The molecular formula is C25H27F3N2O3S. The standard InChI is InChI=1S/C25H27F3N2O.O2S/c1-3-4-21(22(31)15-24(16-29)13-14-24)30-23(25(26,27)28)20-11-9-19(10-12-20)18-7-5-17(2)6-8-18;1-3-2/h5-12,21,23,30H,3-4,13-15H2,1-2H3;/t21-,23-;/m0./s1. The number of halogens is 3. The average Bonchev–Trinajstić information content (AvgIpc) is 3.57. The van der Waals surface area contributed by atoms with E-state index in [-0.39, 0.29) is 17.8 Å². The Kier molecular flexibility index (Phi) is 9.71. The lowest BCUT2D eigenvalue weighted by atomic mass is 9.93. The van der Waals surface area contributed by atoms with Crippen LogP contribution in [0.5, 0.6) is 0 Å². The zero-order valence-corrected chi connectivity index (χ0v) is 19.8. The molecule has 9 heteroatoms. The van der Waals surface area contributed by atoms with Crippen LogP contribution < -0.4 is 5.32 Å². The molecule has 34 heavy (non-hydrogen) atoms. The lowest BCUT2D eigenvalue weighted by molar-refractivity contribution is -0.160. The van der Waals surface area contributed by atoms with Crippen molar-refractivity contribution in [3.8, 4) is 17.2 Å². The summed E-state index contributed by atoms with van der Waals surface area (Å²) in [4.78, 5) is 12.7. The van der Waals surface area contributed by atoms with Gasteiger partial charge in [-0.1, -0.05) is 67.4 Å². The smallest absolute Gasteiger partial charge is 0.298 e. The number of nitrogens with zero attached hydrogens (tertiary/aromatic N) is 1. The average molecular weight is 493 g/mol. The van der Waals surface area contributed by atoms with Gasteiger partial charge in [0.1, 0.15) is 6.04 Å². The minimum atomic E-state index is -4.55. The van der Waals surface area contributed by atoms with Crippen molar-refractivity contribution in [2.75, 3.05) is 0 Å². The van der Waals surface area contributed by atoms with Crippen molar-refractivity contribution in [1.82, 2.24) is 5.32 Å². The monoisotopic (exact) mass is 492 g/mol. The van der Waals surface area contributed by atoms with Crippen LogP contribution in [-0.2, 0) is 16.4 Å². The van der Waals surface area contributed by atoms with Crippen molar-refractivity contribution in [3.63, 3.8) is 0 Å². The number of hydrogen-bond acceptors (Lipinski definition) is 5. The first-order valence-electron chi connectivity index (χ1n) is 10.9. The Hall–Kier alpha value is -2.83. The minimum Gasteiger partial charge on any atom is -0.298 e. The van der Waals surface area contributed by atoms with Gasteiger partial charge in [-0.15, -0.1) is 0 Å². The molecule has 2 aromatic rings. The maximum Gasteiger partial charge on any atom is 0.407 e. The van der Waals surface area contributed by atoms with Crippen molar-refractivity contribution < 1.29 is 26.4 Å². The van der Waals surface area contributed by atoms with Gasteiger partial charge < -0.3 is 0 Å². The maximum atomic E-state index is 13.9. The number of nitrogens with one attached hydrogen (secondary N) is 1. The highest BCUT2D eigenvalue weighted by molar-refractivity contribution is 7.51. The van der Waals surface area contributed by atoms with E-state index in [9.17, 15) is 23.2 Å². The molecule has 2 atom stereocenters. The van der Waals surface area contributed by atoms with E-state index in [0.717, 1.165) is 16.7 Å². The Bertz CT molecular complexity index is 1040. The Morgan fingerprint density at radius 2 is 1.59 bits per heavy atom. The Morgan fingerprint density at radius 3 is 2.00 bits per heavy atom. The Balaban J connectivity index is 0.00000129. The fraction of sp³-hybridized carbons (Fsp3) is 0.440. The van der Waals surface area contributed by atoms with Gasteiger partial charge in [0.05, 0.1) is 17.5 Å². The van der Waals surface area contributed by atoms with Crippen LogP contribution in [0.4, 0.5) is 13.2 Å². The van der Waals surface area contributed by atoms with Crippen LogP contribution in [-0.4, -0.2) is 26.4 Å². The molecule has 2 aromatic carbocycles. The highest BCUT2D eigenvalue weighted by Crippen LogP contribution is 2.48. The lowest BCUT2D eigenvalue weighted by Crippen LogP contribution is -2.45. The number of benzene rings is 2. The SMILES string of the molecule is CCC[C@H](N[C@@H](c1ccc(-c2ccc(C)cc2)cc1)C(F)(F)F)C(=O)CC1(C#N)CC1.O=S=O. The summed E-state index contributed by atoms with van der Waals surface area (Å²) in [5.74, 6) is -0.313. The molecule has 1 N–H and O–H groups in total. The summed E-state index contributed by atoms with van der Waals surface area (Å²) in [6.07, 6.45) is -2.40. The van der Waals surface area contributed by atoms with Crippen molar-refractivity contribution in [3.05, 3.63) is 59.7 Å². The van der Waals surface area contributed by atoms with E-state index < -0.39 is 35.2 Å². The zero-order valence-electron chi connectivity index (χ0n) is 19.0. The van der Waals surface area contributed by atoms with E-state index in [1.165, 1.54) is 12.1 Å². The third kappa shape index (κ3) is 7.61. The first kappa shape index (κ1) is 27.4. The molecule has 0 unspecified atom stereocenters. The quantitative estimate of drug-likeness (QED) is 0.491. The summed E-state index contributed by atoms with van der Waals surface area (Å²) in [6.45, 7) is 3.81.